The van der Waals surface area contributed by atoms with Crippen molar-refractivity contribution in [2.75, 3.05) is 62.6 Å². The second-order valence-corrected chi connectivity index (χ2v) is 28.6. The Bertz CT molecular complexity index is 3570. The first-order valence-corrected chi connectivity index (χ1v) is 41.3. The summed E-state index contributed by atoms with van der Waals surface area (Å²) < 4.78 is 5.72. The molecule has 2 nitrogen and oxygen atoms in total. The Morgan fingerprint density at radius 2 is 0.587 bits per heavy atom. The van der Waals surface area contributed by atoms with E-state index in [1.54, 1.807) is 94.1 Å². The number of ether oxygens (including phenoxy) is 1. The number of hydrogen-bond donors (Lipinski definition) is 0. The van der Waals surface area contributed by atoms with E-state index in [-0.39, 0.29) is 5.78 Å². The first-order chi connectivity index (χ1) is 44.2. The molecule has 11 heteroatoms. The van der Waals surface area contributed by atoms with Gasteiger partial charge in [0.15, 0.2) is 5.78 Å². The highest BCUT2D eigenvalue weighted by Gasteiger charge is 2.08. The highest BCUT2D eigenvalue weighted by molar-refractivity contribution is 8.00. The largest absolute Gasteiger partial charge is 0.457 e. The first kappa shape index (κ1) is 82.9. The highest BCUT2D eigenvalue weighted by Crippen LogP contribution is 2.27. The lowest BCUT2D eigenvalue weighted by Gasteiger charge is -2.06. The molecule has 0 saturated heterocycles. The topological polar surface area (TPSA) is 26.3 Å². The lowest BCUT2D eigenvalue weighted by molar-refractivity contribution is 0.103. The standard InChI is InChI=1S/C15H14OS.C14H14OS.C10H14S.C9H12S.3C8H10S.C7H8S.C2H6S/c1-11-3-5-12(6-4-11)15(16)13-7-9-14(17-2)10-8-13;1-11-3-5-12(6-4-11)15-13-7-9-14(16-2)10-8-13;1-7-5-9(3)10(11-4)6-8(7)2;1-7-4-5-9(10-3)8(2)6-7;1-7-3-5-8(9-2)6-4-7;1-7-4-3-5-8(6-7)9-2;1-7-5-3-4-6-8(7)9-2;1-8-7-5-3-2-4-6-7;1-3-2/h3-10H,1-2H3;3-10H,1-2H3;5-6H,1-4H3;4-6H,1-3H3;3*3-6H,1-2H3;2-6H,1H3;1-2H3. The van der Waals surface area contributed by atoms with Gasteiger partial charge in [-0.25, -0.2) is 0 Å². The van der Waals surface area contributed by atoms with Crippen molar-refractivity contribution in [2.45, 2.75) is 108 Å². The zero-order valence-corrected chi connectivity index (χ0v) is 65.3. The van der Waals surface area contributed by atoms with Crippen LogP contribution in [0.4, 0.5) is 0 Å². The van der Waals surface area contributed by atoms with Gasteiger partial charge in [0, 0.05) is 50.3 Å². The van der Waals surface area contributed by atoms with Crippen LogP contribution in [0.1, 0.15) is 71.6 Å². The summed E-state index contributed by atoms with van der Waals surface area (Å²) >= 11 is 15.9. The molecule has 488 valence electrons. The van der Waals surface area contributed by atoms with Crippen molar-refractivity contribution < 1.29 is 9.53 Å². The fraction of sp³-hybridized carbons (Fsp3) is 0.247. The van der Waals surface area contributed by atoms with Gasteiger partial charge >= 0.3 is 0 Å². The molecular weight excluding hydrogens is 1290 g/mol. The second-order valence-electron chi connectivity index (χ2n) is 20.8. The fourth-order valence-corrected chi connectivity index (χ4v) is 12.0. The molecule has 0 aliphatic carbocycles. The summed E-state index contributed by atoms with van der Waals surface area (Å²) in [4.78, 5) is 22.7. The number of rotatable bonds is 12. The molecule has 0 aliphatic heterocycles. The van der Waals surface area contributed by atoms with Crippen LogP contribution in [0.15, 0.2) is 270 Å². The van der Waals surface area contributed by atoms with Crippen molar-refractivity contribution in [1.82, 2.24) is 0 Å². The van der Waals surface area contributed by atoms with E-state index in [0.29, 0.717) is 0 Å². The molecular formula is C81H98O2S9. The third-order valence-corrected chi connectivity index (χ3v) is 19.7. The molecule has 10 aromatic rings. The van der Waals surface area contributed by atoms with Gasteiger partial charge in [-0.05, 0) is 275 Å². The zero-order chi connectivity index (χ0) is 68.2. The lowest BCUT2D eigenvalue weighted by Crippen LogP contribution is -2.00. The molecule has 0 aliphatic rings. The Morgan fingerprint density at radius 1 is 0.250 bits per heavy atom. The number of carbonyl (C=O) groups is 1. The SMILES string of the molecule is CSC.CSc1cc(C)c(C)cc1C.CSc1ccc(C(=O)c2ccc(C)cc2)cc1.CSc1ccc(C)cc1.CSc1ccc(C)cc1C.CSc1ccc(Oc2ccc(C)cc2)cc1.CSc1cccc(C)c1.CSc1ccccc1.CSc1ccccc1C. The summed E-state index contributed by atoms with van der Waals surface area (Å²) in [6, 6.07) is 78.4. The summed E-state index contributed by atoms with van der Waals surface area (Å²) in [7, 11) is 0. The molecule has 0 bridgehead atoms. The monoisotopic (exact) mass is 1390 g/mol. The Hall–Kier alpha value is -5.18. The molecule has 0 N–H and O–H groups in total. The van der Waals surface area contributed by atoms with Crippen LogP contribution >= 0.6 is 106 Å². The second kappa shape index (κ2) is 49.4. The third-order valence-electron chi connectivity index (χ3n) is 13.3. The summed E-state index contributed by atoms with van der Waals surface area (Å²) in [5, 5.41) is 0. The van der Waals surface area contributed by atoms with Crippen molar-refractivity contribution >= 4 is 112 Å². The molecule has 0 saturated carbocycles. The van der Waals surface area contributed by atoms with Crippen LogP contribution in [0.3, 0.4) is 0 Å². The van der Waals surface area contributed by atoms with Crippen LogP contribution < -0.4 is 4.74 Å². The average molecular weight is 1390 g/mol. The summed E-state index contributed by atoms with van der Waals surface area (Å²) in [5.41, 5.74) is 14.8. The Morgan fingerprint density at radius 3 is 1.00 bits per heavy atom. The van der Waals surface area contributed by atoms with Gasteiger partial charge in [-0.2, -0.15) is 11.8 Å². The van der Waals surface area contributed by atoms with Crippen molar-refractivity contribution in [1.29, 1.82) is 0 Å². The third kappa shape index (κ3) is 34.8. The maximum atomic E-state index is 12.2. The molecule has 0 fully saturated rings. The molecule has 0 spiro atoms. The van der Waals surface area contributed by atoms with Crippen LogP contribution in [0.2, 0.25) is 0 Å². The number of carbonyl (C=O) groups excluding carboxylic acids is 1. The van der Waals surface area contributed by atoms with E-state index in [1.807, 2.05) is 141 Å². The van der Waals surface area contributed by atoms with Gasteiger partial charge in [0.05, 0.1) is 0 Å². The van der Waals surface area contributed by atoms with Gasteiger partial charge in [0.25, 0.3) is 0 Å². The van der Waals surface area contributed by atoms with Crippen molar-refractivity contribution in [3.8, 4) is 11.5 Å². The lowest BCUT2D eigenvalue weighted by atomic mass is 10.0. The summed E-state index contributed by atoms with van der Waals surface area (Å²) in [6.07, 6.45) is 20.8. The predicted octanol–water partition coefficient (Wildman–Crippen LogP) is 26.4. The number of benzene rings is 10. The number of ketones is 1. The van der Waals surface area contributed by atoms with E-state index in [0.717, 1.165) is 22.6 Å². The van der Waals surface area contributed by atoms with Crippen molar-refractivity contribution in [3.63, 3.8) is 0 Å². The summed E-state index contributed by atoms with van der Waals surface area (Å²) in [6.45, 7) is 21.2. The van der Waals surface area contributed by atoms with E-state index in [2.05, 4.69) is 233 Å². The van der Waals surface area contributed by atoms with Crippen LogP contribution in [0.5, 0.6) is 11.5 Å². The van der Waals surface area contributed by atoms with Gasteiger partial charge in [0.1, 0.15) is 11.5 Å². The van der Waals surface area contributed by atoms with Crippen LogP contribution in [-0.4, -0.2) is 68.3 Å². The average Bonchev–Trinajstić information content (AvgIpc) is 1.47. The molecule has 0 amide bonds. The van der Waals surface area contributed by atoms with Crippen molar-refractivity contribution in [3.05, 3.63) is 297 Å². The molecule has 92 heavy (non-hydrogen) atoms. The predicted molar refractivity (Wildman–Crippen MR) is 429 cm³/mol. The Kier molecular flexibility index (Phi) is 44.5. The van der Waals surface area contributed by atoms with E-state index >= 15 is 0 Å². The van der Waals surface area contributed by atoms with Crippen LogP contribution in [0, 0.1) is 69.2 Å². The number of thioether (sulfide) groups is 9. The van der Waals surface area contributed by atoms with E-state index < -0.39 is 0 Å². The van der Waals surface area contributed by atoms with Crippen LogP contribution in [-0.2, 0) is 0 Å². The minimum atomic E-state index is 0.0812. The Labute approximate surface area is 595 Å². The van der Waals surface area contributed by atoms with Crippen LogP contribution in [0.25, 0.3) is 0 Å². The Balaban J connectivity index is 0.000000361. The highest BCUT2D eigenvalue weighted by atomic mass is 32.2. The first-order valence-electron chi connectivity index (χ1n) is 29.9. The fourth-order valence-electron chi connectivity index (χ4n) is 7.94. The zero-order valence-electron chi connectivity index (χ0n) is 57.9. The van der Waals surface area contributed by atoms with E-state index in [9.17, 15) is 4.79 Å². The number of hydrogen-bond acceptors (Lipinski definition) is 11. The molecule has 0 unspecified atom stereocenters. The normalized spacial score (nSPS) is 9.74. The van der Waals surface area contributed by atoms with Gasteiger partial charge in [0.2, 0.25) is 0 Å². The van der Waals surface area contributed by atoms with Gasteiger partial charge in [-0.15, -0.1) is 94.1 Å². The minimum Gasteiger partial charge on any atom is -0.457 e. The maximum Gasteiger partial charge on any atom is 0.193 e. The van der Waals surface area contributed by atoms with Gasteiger partial charge in [-0.3, -0.25) is 4.79 Å². The quantitative estimate of drug-likeness (QED) is 0.0865. The number of aryl methyl sites for hydroxylation is 10. The maximum absolute atomic E-state index is 12.2. The molecule has 0 radical (unpaired) electrons. The molecule has 10 aromatic carbocycles. The minimum absolute atomic E-state index is 0.0812. The van der Waals surface area contributed by atoms with Crippen molar-refractivity contribution in [2.24, 2.45) is 0 Å². The summed E-state index contributed by atoms with van der Waals surface area (Å²) in [5.74, 6) is 1.84. The smallest absolute Gasteiger partial charge is 0.193 e. The molecule has 0 heterocycles. The molecule has 0 atom stereocenters. The van der Waals surface area contributed by atoms with Gasteiger partial charge < -0.3 is 4.74 Å². The molecule has 10 rings (SSSR count). The van der Waals surface area contributed by atoms with E-state index in [4.69, 9.17) is 4.74 Å². The van der Waals surface area contributed by atoms with E-state index in [1.165, 1.54) is 94.8 Å². The molecule has 0 aromatic heterocycles. The van der Waals surface area contributed by atoms with Gasteiger partial charge in [-0.1, -0.05) is 143 Å².